The number of aromatic nitrogens is 2. The van der Waals surface area contributed by atoms with Gasteiger partial charge in [0.05, 0.1) is 0 Å². The number of carbonyl (C=O) groups is 1. The van der Waals surface area contributed by atoms with Crippen molar-refractivity contribution in [3.8, 4) is 22.3 Å². The van der Waals surface area contributed by atoms with Gasteiger partial charge in [0.15, 0.2) is 0 Å². The Morgan fingerprint density at radius 1 is 0.767 bits per heavy atom. The zero-order valence-electron chi connectivity index (χ0n) is 17.3. The molecule has 0 atom stereocenters. The molecule has 4 rings (SSSR count). The molecular formula is C27H24N2O. The van der Waals surface area contributed by atoms with Gasteiger partial charge in [-0.25, -0.2) is 0 Å². The summed E-state index contributed by atoms with van der Waals surface area (Å²) in [6.45, 7) is 4.08. The van der Waals surface area contributed by atoms with Gasteiger partial charge in [-0.05, 0) is 59.9 Å². The first kappa shape index (κ1) is 19.7. The zero-order chi connectivity index (χ0) is 20.9. The summed E-state index contributed by atoms with van der Waals surface area (Å²) < 4.78 is 0. The number of hydrogen-bond acceptors (Lipinski definition) is 3. The van der Waals surface area contributed by atoms with Gasteiger partial charge < -0.3 is 0 Å². The topological polar surface area (TPSA) is 42.9 Å². The molecular weight excluding hydrogens is 368 g/mol. The largest absolute Gasteiger partial charge is 0.299 e. The highest BCUT2D eigenvalue weighted by Crippen LogP contribution is 2.25. The molecule has 0 aliphatic carbocycles. The summed E-state index contributed by atoms with van der Waals surface area (Å²) in [5.74, 6) is 0.168. The first-order valence-electron chi connectivity index (χ1n) is 10.1. The molecule has 2 heterocycles. The highest BCUT2D eigenvalue weighted by molar-refractivity contribution is 5.83. The molecule has 3 nitrogen and oxygen atoms in total. The number of pyridine rings is 2. The molecule has 4 aromatic rings. The van der Waals surface area contributed by atoms with Gasteiger partial charge in [-0.3, -0.25) is 14.8 Å². The molecule has 0 radical (unpaired) electrons. The molecule has 2 aromatic heterocycles. The number of rotatable bonds is 6. The Labute approximate surface area is 177 Å². The molecule has 0 spiro atoms. The molecule has 0 saturated carbocycles. The molecule has 0 fully saturated rings. The van der Waals surface area contributed by atoms with Gasteiger partial charge >= 0.3 is 0 Å². The normalized spacial score (nSPS) is 10.7. The fourth-order valence-electron chi connectivity index (χ4n) is 3.70. The van der Waals surface area contributed by atoms with Crippen LogP contribution in [-0.4, -0.2) is 15.8 Å². The van der Waals surface area contributed by atoms with Crippen LogP contribution in [-0.2, 0) is 17.6 Å². The van der Waals surface area contributed by atoms with Crippen molar-refractivity contribution in [2.75, 3.05) is 0 Å². The first-order valence-corrected chi connectivity index (χ1v) is 10.1. The van der Waals surface area contributed by atoms with Gasteiger partial charge in [0.2, 0.25) is 0 Å². The van der Waals surface area contributed by atoms with E-state index in [2.05, 4.69) is 47.2 Å². The van der Waals surface area contributed by atoms with Crippen LogP contribution in [0.4, 0.5) is 0 Å². The van der Waals surface area contributed by atoms with E-state index in [1.54, 1.807) is 0 Å². The third-order valence-electron chi connectivity index (χ3n) is 5.21. The van der Waals surface area contributed by atoms with E-state index in [4.69, 9.17) is 0 Å². The smallest absolute Gasteiger partial charge is 0.143 e. The van der Waals surface area contributed by atoms with Crippen molar-refractivity contribution in [2.45, 2.75) is 26.7 Å². The van der Waals surface area contributed by atoms with E-state index in [9.17, 15) is 4.79 Å². The molecule has 0 saturated heterocycles. The van der Waals surface area contributed by atoms with Gasteiger partial charge in [0.25, 0.3) is 0 Å². The highest BCUT2D eigenvalue weighted by atomic mass is 16.1. The van der Waals surface area contributed by atoms with Crippen LogP contribution in [0.25, 0.3) is 22.3 Å². The average Bonchev–Trinajstić information content (AvgIpc) is 2.75. The summed E-state index contributed by atoms with van der Waals surface area (Å²) in [6, 6.07) is 24.4. The lowest BCUT2D eigenvalue weighted by atomic mass is 9.96. The zero-order valence-corrected chi connectivity index (χ0v) is 17.3. The van der Waals surface area contributed by atoms with E-state index in [1.165, 1.54) is 5.56 Å². The Morgan fingerprint density at radius 2 is 1.60 bits per heavy atom. The lowest BCUT2D eigenvalue weighted by molar-refractivity contribution is -0.117. The molecule has 0 unspecified atom stereocenters. The average molecular weight is 393 g/mol. The minimum atomic E-state index is 0.168. The van der Waals surface area contributed by atoms with Crippen LogP contribution in [0.1, 0.15) is 22.5 Å². The van der Waals surface area contributed by atoms with Crippen molar-refractivity contribution < 1.29 is 4.79 Å². The lowest BCUT2D eigenvalue weighted by Gasteiger charge is -2.09. The summed E-state index contributed by atoms with van der Waals surface area (Å²) in [5, 5.41) is 0. The predicted molar refractivity (Wildman–Crippen MR) is 121 cm³/mol. The van der Waals surface area contributed by atoms with Crippen molar-refractivity contribution in [1.29, 1.82) is 0 Å². The van der Waals surface area contributed by atoms with E-state index in [1.807, 2.05) is 61.8 Å². The maximum atomic E-state index is 12.6. The molecule has 3 heteroatoms. The summed E-state index contributed by atoms with van der Waals surface area (Å²) in [6.07, 6.45) is 4.43. The molecule has 0 amide bonds. The van der Waals surface area contributed by atoms with Gasteiger partial charge in [-0.2, -0.15) is 0 Å². The number of hydrogen-bond donors (Lipinski definition) is 0. The first-order chi connectivity index (χ1) is 14.6. The van der Waals surface area contributed by atoms with Crippen LogP contribution in [0, 0.1) is 13.8 Å². The highest BCUT2D eigenvalue weighted by Gasteiger charge is 2.09. The molecule has 0 aliphatic heterocycles. The third-order valence-corrected chi connectivity index (χ3v) is 5.21. The number of benzene rings is 2. The van der Waals surface area contributed by atoms with Gasteiger partial charge in [0.1, 0.15) is 5.78 Å². The van der Waals surface area contributed by atoms with Crippen LogP contribution in [0.3, 0.4) is 0 Å². The SMILES string of the molecule is Cc1cc(-c2ccc(CC(=O)Cc3ccc(-c4ccccc4)cn3)cc2C)ccn1. The van der Waals surface area contributed by atoms with Crippen LogP contribution in [0.5, 0.6) is 0 Å². The third kappa shape index (κ3) is 4.69. The molecule has 0 bridgehead atoms. The molecule has 2 aromatic carbocycles. The van der Waals surface area contributed by atoms with E-state index in [0.29, 0.717) is 12.8 Å². The maximum Gasteiger partial charge on any atom is 0.143 e. The second-order valence-electron chi connectivity index (χ2n) is 7.63. The number of Topliss-reactive ketones (excluding diaryl/α,β-unsaturated/α-hetero) is 1. The van der Waals surface area contributed by atoms with Gasteiger partial charge in [0, 0.05) is 42.2 Å². The quantitative estimate of drug-likeness (QED) is 0.418. The minimum absolute atomic E-state index is 0.168. The summed E-state index contributed by atoms with van der Waals surface area (Å²) in [7, 11) is 0. The Kier molecular flexibility index (Phi) is 5.80. The Balaban J connectivity index is 1.42. The summed E-state index contributed by atoms with van der Waals surface area (Å²) in [4.78, 5) is 21.4. The maximum absolute atomic E-state index is 12.6. The van der Waals surface area contributed by atoms with Crippen molar-refractivity contribution in [3.05, 3.63) is 108 Å². The fourth-order valence-corrected chi connectivity index (χ4v) is 3.70. The van der Waals surface area contributed by atoms with Crippen LogP contribution >= 0.6 is 0 Å². The van der Waals surface area contributed by atoms with Crippen molar-refractivity contribution in [2.24, 2.45) is 0 Å². The summed E-state index contributed by atoms with van der Waals surface area (Å²) >= 11 is 0. The lowest BCUT2D eigenvalue weighted by Crippen LogP contribution is -2.08. The van der Waals surface area contributed by atoms with Crippen LogP contribution < -0.4 is 0 Å². The Bertz CT molecular complexity index is 1170. The van der Waals surface area contributed by atoms with Crippen LogP contribution in [0.15, 0.2) is 85.2 Å². The van der Waals surface area contributed by atoms with Crippen LogP contribution in [0.2, 0.25) is 0 Å². The fraction of sp³-hybridized carbons (Fsp3) is 0.148. The van der Waals surface area contributed by atoms with Crippen molar-refractivity contribution in [3.63, 3.8) is 0 Å². The Hall–Kier alpha value is -3.59. The summed E-state index contributed by atoms with van der Waals surface area (Å²) in [5.41, 5.74) is 8.52. The van der Waals surface area contributed by atoms with E-state index in [-0.39, 0.29) is 5.78 Å². The van der Waals surface area contributed by atoms with E-state index >= 15 is 0 Å². The number of nitrogens with zero attached hydrogens (tertiary/aromatic N) is 2. The Morgan fingerprint density at radius 3 is 2.30 bits per heavy atom. The standard InChI is InChI=1S/C27H24N2O/c1-19-14-21(8-11-27(19)23-12-13-28-20(2)15-23)16-26(30)17-25-10-9-24(18-29-25)22-6-4-3-5-7-22/h3-15,18H,16-17H2,1-2H3. The monoisotopic (exact) mass is 392 g/mol. The molecule has 0 aliphatic rings. The van der Waals surface area contributed by atoms with Crippen molar-refractivity contribution >= 4 is 5.78 Å². The molecule has 30 heavy (non-hydrogen) atoms. The predicted octanol–water partition coefficient (Wildman–Crippen LogP) is 5.78. The van der Waals surface area contributed by atoms with E-state index in [0.717, 1.165) is 39.2 Å². The second kappa shape index (κ2) is 8.83. The van der Waals surface area contributed by atoms with Gasteiger partial charge in [-0.15, -0.1) is 0 Å². The van der Waals surface area contributed by atoms with Crippen molar-refractivity contribution in [1.82, 2.24) is 9.97 Å². The van der Waals surface area contributed by atoms with E-state index < -0.39 is 0 Å². The number of aryl methyl sites for hydroxylation is 2. The minimum Gasteiger partial charge on any atom is -0.299 e. The second-order valence-corrected chi connectivity index (χ2v) is 7.63. The number of ketones is 1. The van der Waals surface area contributed by atoms with Gasteiger partial charge in [-0.1, -0.05) is 54.6 Å². The molecule has 0 N–H and O–H groups in total. The molecule has 148 valence electrons. The number of carbonyl (C=O) groups excluding carboxylic acids is 1.